The van der Waals surface area contributed by atoms with Crippen molar-refractivity contribution in [1.29, 1.82) is 0 Å². The van der Waals surface area contributed by atoms with Crippen molar-refractivity contribution >= 4 is 33.2 Å². The van der Waals surface area contributed by atoms with Crippen molar-refractivity contribution in [3.63, 3.8) is 0 Å². The van der Waals surface area contributed by atoms with Crippen LogP contribution in [0, 0.1) is 0 Å². The molecule has 1 aromatic carbocycles. The zero-order valence-corrected chi connectivity index (χ0v) is 16.5. The topological polar surface area (TPSA) is 52.7 Å². The Kier molecular flexibility index (Phi) is 5.74. The van der Waals surface area contributed by atoms with E-state index in [-0.39, 0.29) is 17.9 Å². The molecule has 2 amide bonds. The van der Waals surface area contributed by atoms with E-state index >= 15 is 0 Å². The first-order valence-electron chi connectivity index (χ1n) is 9.95. The number of piperazine rings is 1. The molecule has 0 bridgehead atoms. The monoisotopic (exact) mass is 385 g/mol. The Labute approximate surface area is 164 Å². The molecule has 2 aliphatic heterocycles. The zero-order valence-electron chi connectivity index (χ0n) is 15.7. The summed E-state index contributed by atoms with van der Waals surface area (Å²) in [4.78, 5) is 28.8. The Balaban J connectivity index is 1.29. The number of carbonyl (C=O) groups is 2. The first kappa shape index (κ1) is 18.4. The summed E-state index contributed by atoms with van der Waals surface area (Å²) < 4.78 is 1.32. The van der Waals surface area contributed by atoms with Gasteiger partial charge in [-0.25, -0.2) is 0 Å². The van der Waals surface area contributed by atoms with Gasteiger partial charge in [0, 0.05) is 43.3 Å². The van der Waals surface area contributed by atoms with Gasteiger partial charge < -0.3 is 15.1 Å². The van der Waals surface area contributed by atoms with Gasteiger partial charge in [-0.2, -0.15) is 0 Å². The summed E-state index contributed by atoms with van der Waals surface area (Å²) in [5.74, 6) is 0.409. The fourth-order valence-electron chi connectivity index (χ4n) is 4.26. The summed E-state index contributed by atoms with van der Waals surface area (Å²) >= 11 is 1.78. The number of amides is 2. The molecular formula is C21H27N3O2S. The Morgan fingerprint density at radius 2 is 2.15 bits per heavy atom. The number of nitrogens with one attached hydrogen (secondary N) is 1. The van der Waals surface area contributed by atoms with Crippen molar-refractivity contribution in [1.82, 2.24) is 15.1 Å². The summed E-state index contributed by atoms with van der Waals surface area (Å²) in [6.07, 6.45) is 4.42. The van der Waals surface area contributed by atoms with Crippen LogP contribution in [0.25, 0.3) is 10.1 Å². The summed E-state index contributed by atoms with van der Waals surface area (Å²) in [6.45, 7) is 3.57. The molecular weight excluding hydrogens is 358 g/mol. The molecule has 1 atom stereocenters. The predicted molar refractivity (Wildman–Crippen MR) is 109 cm³/mol. The normalized spacial score (nSPS) is 21.0. The van der Waals surface area contributed by atoms with Crippen LogP contribution in [0.15, 0.2) is 29.6 Å². The summed E-state index contributed by atoms with van der Waals surface area (Å²) in [7, 11) is 0. The number of fused-ring (bicyclic) bond motifs is 1. The second-order valence-electron chi connectivity index (χ2n) is 7.51. The van der Waals surface area contributed by atoms with Crippen LogP contribution in [0.2, 0.25) is 0 Å². The van der Waals surface area contributed by atoms with Crippen molar-refractivity contribution in [2.45, 2.75) is 38.1 Å². The summed E-state index contributed by atoms with van der Waals surface area (Å²) in [6, 6.07) is 8.66. The third-order valence-electron chi connectivity index (χ3n) is 5.71. The van der Waals surface area contributed by atoms with E-state index < -0.39 is 0 Å². The van der Waals surface area contributed by atoms with E-state index in [0.717, 1.165) is 45.3 Å². The van der Waals surface area contributed by atoms with Gasteiger partial charge in [-0.1, -0.05) is 18.2 Å². The number of rotatable bonds is 5. The Morgan fingerprint density at radius 3 is 3.04 bits per heavy atom. The summed E-state index contributed by atoms with van der Waals surface area (Å²) in [5, 5.41) is 6.67. The highest BCUT2D eigenvalue weighted by Crippen LogP contribution is 2.27. The highest BCUT2D eigenvalue weighted by atomic mass is 32.1. The molecule has 0 saturated carbocycles. The molecule has 2 saturated heterocycles. The SMILES string of the molecule is O=C(CCCc1csc2ccccc12)N1CCCC(N2CCNCC2=O)C1. The van der Waals surface area contributed by atoms with E-state index in [1.807, 2.05) is 9.80 Å². The van der Waals surface area contributed by atoms with Crippen LogP contribution < -0.4 is 5.32 Å². The van der Waals surface area contributed by atoms with Gasteiger partial charge in [0.05, 0.1) is 6.54 Å². The third-order valence-corrected chi connectivity index (χ3v) is 6.73. The van der Waals surface area contributed by atoms with Crippen LogP contribution in [0.5, 0.6) is 0 Å². The maximum Gasteiger partial charge on any atom is 0.236 e. The van der Waals surface area contributed by atoms with Crippen molar-refractivity contribution in [2.24, 2.45) is 0 Å². The predicted octanol–water partition coefficient (Wildman–Crippen LogP) is 2.65. The minimum Gasteiger partial charge on any atom is -0.341 e. The van der Waals surface area contributed by atoms with E-state index in [4.69, 9.17) is 0 Å². The van der Waals surface area contributed by atoms with Crippen LogP contribution in [0.3, 0.4) is 0 Å². The van der Waals surface area contributed by atoms with Crippen LogP contribution in [0.1, 0.15) is 31.2 Å². The van der Waals surface area contributed by atoms with E-state index in [9.17, 15) is 9.59 Å². The van der Waals surface area contributed by atoms with Crippen molar-refractivity contribution in [2.75, 3.05) is 32.7 Å². The fraction of sp³-hybridized carbons (Fsp3) is 0.524. The molecule has 6 heteroatoms. The first-order chi connectivity index (χ1) is 13.2. The number of thiophene rings is 1. The lowest BCUT2D eigenvalue weighted by Crippen LogP contribution is -2.57. The second-order valence-corrected chi connectivity index (χ2v) is 8.42. The van der Waals surface area contributed by atoms with E-state index in [1.54, 1.807) is 11.3 Å². The molecule has 1 unspecified atom stereocenters. The lowest BCUT2D eigenvalue weighted by Gasteiger charge is -2.41. The molecule has 1 aromatic heterocycles. The molecule has 0 radical (unpaired) electrons. The van der Waals surface area contributed by atoms with Crippen LogP contribution in [-0.4, -0.2) is 60.4 Å². The molecule has 1 N–H and O–H groups in total. The molecule has 0 aliphatic carbocycles. The molecule has 3 heterocycles. The lowest BCUT2D eigenvalue weighted by atomic mass is 10.0. The average Bonchev–Trinajstić information content (AvgIpc) is 3.12. The average molecular weight is 386 g/mol. The molecule has 27 heavy (non-hydrogen) atoms. The van der Waals surface area contributed by atoms with E-state index in [1.165, 1.54) is 15.6 Å². The number of likely N-dealkylation sites (tertiary alicyclic amines) is 1. The largest absolute Gasteiger partial charge is 0.341 e. The highest BCUT2D eigenvalue weighted by Gasteiger charge is 2.31. The number of carbonyl (C=O) groups excluding carboxylic acids is 2. The number of nitrogens with zero attached hydrogens (tertiary/aromatic N) is 2. The number of hydrogen-bond acceptors (Lipinski definition) is 4. The maximum absolute atomic E-state index is 12.7. The number of hydrogen-bond donors (Lipinski definition) is 1. The third kappa shape index (κ3) is 4.17. The van der Waals surface area contributed by atoms with Gasteiger partial charge >= 0.3 is 0 Å². The lowest BCUT2D eigenvalue weighted by molar-refractivity contribution is -0.140. The number of aryl methyl sites for hydroxylation is 1. The van der Waals surface area contributed by atoms with Gasteiger partial charge in [-0.3, -0.25) is 9.59 Å². The smallest absolute Gasteiger partial charge is 0.236 e. The number of piperidine rings is 1. The number of benzene rings is 1. The van der Waals surface area contributed by atoms with Gasteiger partial charge in [0.15, 0.2) is 0 Å². The van der Waals surface area contributed by atoms with Crippen molar-refractivity contribution in [3.8, 4) is 0 Å². The highest BCUT2D eigenvalue weighted by molar-refractivity contribution is 7.17. The minimum absolute atomic E-state index is 0.171. The van der Waals surface area contributed by atoms with Gasteiger partial charge in [-0.05, 0) is 48.1 Å². The molecule has 5 nitrogen and oxygen atoms in total. The zero-order chi connectivity index (χ0) is 18.6. The molecule has 0 spiro atoms. The molecule has 144 valence electrons. The van der Waals surface area contributed by atoms with Crippen molar-refractivity contribution in [3.05, 3.63) is 35.2 Å². The standard InChI is InChI=1S/C21H27N3O2S/c25-20(9-3-5-16-15-27-19-8-2-1-7-18(16)19)23-11-4-6-17(14-23)24-12-10-22-13-21(24)26/h1-2,7-8,15,17,22H,3-6,9-14H2. The van der Waals surface area contributed by atoms with Crippen LogP contribution in [0.4, 0.5) is 0 Å². The minimum atomic E-state index is 0.171. The van der Waals surface area contributed by atoms with Gasteiger partial charge in [0.1, 0.15) is 0 Å². The van der Waals surface area contributed by atoms with Crippen LogP contribution in [-0.2, 0) is 16.0 Å². The quantitative estimate of drug-likeness (QED) is 0.861. The van der Waals surface area contributed by atoms with Gasteiger partial charge in [0.25, 0.3) is 0 Å². The molecule has 4 rings (SSSR count). The Bertz CT molecular complexity index is 819. The molecule has 2 aliphatic rings. The molecule has 2 fully saturated rings. The maximum atomic E-state index is 12.7. The Hall–Kier alpha value is -1.92. The van der Waals surface area contributed by atoms with E-state index in [0.29, 0.717) is 19.5 Å². The fourth-order valence-corrected chi connectivity index (χ4v) is 5.25. The first-order valence-corrected chi connectivity index (χ1v) is 10.8. The van der Waals surface area contributed by atoms with E-state index in [2.05, 4.69) is 35.0 Å². The second kappa shape index (κ2) is 8.40. The van der Waals surface area contributed by atoms with Crippen molar-refractivity contribution < 1.29 is 9.59 Å². The van der Waals surface area contributed by atoms with Gasteiger partial charge in [-0.15, -0.1) is 11.3 Å². The Morgan fingerprint density at radius 1 is 1.26 bits per heavy atom. The summed E-state index contributed by atoms with van der Waals surface area (Å²) in [5.41, 5.74) is 1.35. The molecule has 2 aromatic rings. The van der Waals surface area contributed by atoms with Gasteiger partial charge in [0.2, 0.25) is 11.8 Å². The van der Waals surface area contributed by atoms with Crippen LogP contribution >= 0.6 is 11.3 Å².